The van der Waals surface area contributed by atoms with Crippen LogP contribution in [0.2, 0.25) is 5.02 Å². The zero-order chi connectivity index (χ0) is 10.1. The minimum atomic E-state index is -0.215. The van der Waals surface area contributed by atoms with Crippen LogP contribution in [0, 0.1) is 0 Å². The van der Waals surface area contributed by atoms with Gasteiger partial charge in [-0.3, -0.25) is 0 Å². The second-order valence-electron chi connectivity index (χ2n) is 3.67. The summed E-state index contributed by atoms with van der Waals surface area (Å²) in [6.07, 6.45) is 0. The van der Waals surface area contributed by atoms with Crippen LogP contribution in [-0.2, 0) is 5.41 Å². The molecule has 1 aromatic carbocycles. The Hall–Kier alpha value is -0.0500. The highest BCUT2D eigenvalue weighted by atomic mass is 79.9. The zero-order valence-electron chi connectivity index (χ0n) is 7.64. The molecule has 0 radical (unpaired) electrons. The van der Waals surface area contributed by atoms with Crippen molar-refractivity contribution in [3.05, 3.63) is 33.3 Å². The Kier molecular flexibility index (Phi) is 3.38. The lowest BCUT2D eigenvalue weighted by Gasteiger charge is -2.22. The molecule has 0 atom stereocenters. The summed E-state index contributed by atoms with van der Waals surface area (Å²) in [6.45, 7) is 4.10. The minimum Gasteiger partial charge on any atom is -0.395 e. The number of rotatable bonds is 2. The fraction of sp³-hybridized carbons (Fsp3) is 0.400. The fourth-order valence-corrected chi connectivity index (χ4v) is 1.50. The molecule has 0 aliphatic carbocycles. The summed E-state index contributed by atoms with van der Waals surface area (Å²) in [6, 6.07) is 5.71. The molecule has 0 aromatic heterocycles. The van der Waals surface area contributed by atoms with Gasteiger partial charge >= 0.3 is 0 Å². The number of aliphatic hydroxyl groups excluding tert-OH is 1. The number of halogens is 2. The minimum absolute atomic E-state index is 0.126. The molecule has 0 bridgehead atoms. The van der Waals surface area contributed by atoms with E-state index in [1.807, 2.05) is 32.0 Å². The molecule has 0 unspecified atom stereocenters. The van der Waals surface area contributed by atoms with E-state index in [4.69, 9.17) is 16.7 Å². The van der Waals surface area contributed by atoms with Crippen molar-refractivity contribution in [3.8, 4) is 0 Å². The molecule has 13 heavy (non-hydrogen) atoms. The summed E-state index contributed by atoms with van der Waals surface area (Å²) in [7, 11) is 0. The maximum atomic E-state index is 9.16. The molecule has 3 heteroatoms. The van der Waals surface area contributed by atoms with E-state index in [1.165, 1.54) is 0 Å². The molecule has 0 spiro atoms. The Morgan fingerprint density at radius 2 is 2.08 bits per heavy atom. The molecule has 0 aliphatic heterocycles. The molecule has 1 rings (SSSR count). The van der Waals surface area contributed by atoms with Crippen molar-refractivity contribution in [1.82, 2.24) is 0 Å². The zero-order valence-corrected chi connectivity index (χ0v) is 9.98. The lowest BCUT2D eigenvalue weighted by atomic mass is 9.86. The van der Waals surface area contributed by atoms with Gasteiger partial charge in [-0.1, -0.05) is 31.5 Å². The van der Waals surface area contributed by atoms with Crippen LogP contribution >= 0.6 is 27.5 Å². The molecule has 0 fully saturated rings. The monoisotopic (exact) mass is 262 g/mol. The SMILES string of the molecule is CC(C)(CO)c1ccc(Cl)c(Br)c1. The van der Waals surface area contributed by atoms with Crippen molar-refractivity contribution in [3.63, 3.8) is 0 Å². The lowest BCUT2D eigenvalue weighted by molar-refractivity contribution is 0.218. The smallest absolute Gasteiger partial charge is 0.0548 e. The normalized spacial score (nSPS) is 11.8. The maximum absolute atomic E-state index is 9.16. The number of aliphatic hydroxyl groups is 1. The summed E-state index contributed by atoms with van der Waals surface area (Å²) in [5.74, 6) is 0. The first-order valence-corrected chi connectivity index (χ1v) is 5.21. The Morgan fingerprint density at radius 1 is 1.46 bits per heavy atom. The van der Waals surface area contributed by atoms with E-state index in [0.717, 1.165) is 10.0 Å². The summed E-state index contributed by atoms with van der Waals surface area (Å²) in [4.78, 5) is 0. The van der Waals surface area contributed by atoms with E-state index < -0.39 is 0 Å². The van der Waals surface area contributed by atoms with Crippen molar-refractivity contribution >= 4 is 27.5 Å². The lowest BCUT2D eigenvalue weighted by Crippen LogP contribution is -2.21. The molecule has 0 aliphatic rings. The first kappa shape index (κ1) is 11.0. The third kappa shape index (κ3) is 2.46. The second kappa shape index (κ2) is 3.99. The third-order valence-electron chi connectivity index (χ3n) is 2.10. The fourth-order valence-electron chi connectivity index (χ4n) is 1.01. The van der Waals surface area contributed by atoms with Gasteiger partial charge in [0.1, 0.15) is 0 Å². The van der Waals surface area contributed by atoms with Crippen molar-refractivity contribution in [2.24, 2.45) is 0 Å². The van der Waals surface area contributed by atoms with Crippen LogP contribution in [0.15, 0.2) is 22.7 Å². The van der Waals surface area contributed by atoms with Gasteiger partial charge in [0.25, 0.3) is 0 Å². The van der Waals surface area contributed by atoms with Gasteiger partial charge in [-0.15, -0.1) is 0 Å². The van der Waals surface area contributed by atoms with Crippen LogP contribution in [0.1, 0.15) is 19.4 Å². The standard InChI is InChI=1S/C10H12BrClO/c1-10(2,6-13)7-3-4-9(12)8(11)5-7/h3-5,13H,6H2,1-2H3. The predicted molar refractivity (Wildman–Crippen MR) is 59.3 cm³/mol. The van der Waals surface area contributed by atoms with Crippen LogP contribution in [0.3, 0.4) is 0 Å². The van der Waals surface area contributed by atoms with Crippen LogP contribution in [-0.4, -0.2) is 11.7 Å². The van der Waals surface area contributed by atoms with Crippen LogP contribution in [0.5, 0.6) is 0 Å². The first-order valence-electron chi connectivity index (χ1n) is 4.04. The summed E-state index contributed by atoms with van der Waals surface area (Å²) in [5.41, 5.74) is 0.860. The average Bonchev–Trinajstić information content (AvgIpc) is 2.09. The number of benzene rings is 1. The van der Waals surface area contributed by atoms with Gasteiger partial charge in [-0.05, 0) is 33.6 Å². The largest absolute Gasteiger partial charge is 0.395 e. The second-order valence-corrected chi connectivity index (χ2v) is 4.93. The Labute approximate surface area is 91.9 Å². The van der Waals surface area contributed by atoms with Gasteiger partial charge < -0.3 is 5.11 Å². The van der Waals surface area contributed by atoms with Gasteiger partial charge in [-0.2, -0.15) is 0 Å². The molecule has 0 saturated carbocycles. The van der Waals surface area contributed by atoms with Crippen molar-refractivity contribution < 1.29 is 5.11 Å². The highest BCUT2D eigenvalue weighted by Gasteiger charge is 2.19. The molecule has 0 saturated heterocycles. The van der Waals surface area contributed by atoms with Crippen molar-refractivity contribution in [1.29, 1.82) is 0 Å². The van der Waals surface area contributed by atoms with E-state index in [1.54, 1.807) is 0 Å². The molecular weight excluding hydrogens is 251 g/mol. The van der Waals surface area contributed by atoms with Crippen LogP contribution in [0.4, 0.5) is 0 Å². The van der Waals surface area contributed by atoms with Gasteiger partial charge in [-0.25, -0.2) is 0 Å². The molecule has 0 amide bonds. The highest BCUT2D eigenvalue weighted by Crippen LogP contribution is 2.29. The van der Waals surface area contributed by atoms with Crippen LogP contribution in [0.25, 0.3) is 0 Å². The number of hydrogen-bond acceptors (Lipinski definition) is 1. The first-order chi connectivity index (χ1) is 5.97. The highest BCUT2D eigenvalue weighted by molar-refractivity contribution is 9.10. The number of hydrogen-bond donors (Lipinski definition) is 1. The predicted octanol–water partition coefficient (Wildman–Crippen LogP) is 3.37. The summed E-state index contributed by atoms with van der Waals surface area (Å²) < 4.78 is 0.869. The van der Waals surface area contributed by atoms with E-state index in [9.17, 15) is 0 Å². The molecular formula is C10H12BrClO. The van der Waals surface area contributed by atoms with Gasteiger partial charge in [0.05, 0.1) is 11.6 Å². The van der Waals surface area contributed by atoms with Crippen molar-refractivity contribution in [2.75, 3.05) is 6.61 Å². The van der Waals surface area contributed by atoms with E-state index in [0.29, 0.717) is 5.02 Å². The third-order valence-corrected chi connectivity index (χ3v) is 3.31. The van der Waals surface area contributed by atoms with Crippen LogP contribution < -0.4 is 0 Å². The molecule has 1 N–H and O–H groups in total. The summed E-state index contributed by atoms with van der Waals surface area (Å²) >= 11 is 9.22. The maximum Gasteiger partial charge on any atom is 0.0548 e. The molecule has 72 valence electrons. The Bertz CT molecular complexity index is 310. The molecule has 1 aromatic rings. The average molecular weight is 264 g/mol. The van der Waals surface area contributed by atoms with Gasteiger partial charge in [0.15, 0.2) is 0 Å². The Morgan fingerprint density at radius 3 is 2.54 bits per heavy atom. The van der Waals surface area contributed by atoms with E-state index in [2.05, 4.69) is 15.9 Å². The van der Waals surface area contributed by atoms with E-state index in [-0.39, 0.29) is 12.0 Å². The molecule has 1 nitrogen and oxygen atoms in total. The summed E-state index contributed by atoms with van der Waals surface area (Å²) in [5, 5.41) is 9.85. The van der Waals surface area contributed by atoms with Gasteiger partial charge in [0, 0.05) is 9.89 Å². The molecule has 0 heterocycles. The van der Waals surface area contributed by atoms with Crippen molar-refractivity contribution in [2.45, 2.75) is 19.3 Å². The van der Waals surface area contributed by atoms with E-state index >= 15 is 0 Å². The van der Waals surface area contributed by atoms with Gasteiger partial charge in [0.2, 0.25) is 0 Å². The quantitative estimate of drug-likeness (QED) is 0.867. The topological polar surface area (TPSA) is 20.2 Å². The Balaban J connectivity index is 3.10.